The lowest BCUT2D eigenvalue weighted by molar-refractivity contribution is -0.159. The van der Waals surface area contributed by atoms with Crippen LogP contribution in [-0.4, -0.2) is 41.5 Å². The molecule has 1 N–H and O–H groups in total. The molecule has 6 nitrogen and oxygen atoms in total. The van der Waals surface area contributed by atoms with Crippen molar-refractivity contribution in [3.05, 3.63) is 53.7 Å². The van der Waals surface area contributed by atoms with Crippen molar-refractivity contribution >= 4 is 5.97 Å². The lowest BCUT2D eigenvalue weighted by atomic mass is 9.87. The summed E-state index contributed by atoms with van der Waals surface area (Å²) in [6, 6.07) is 11.6. The first-order valence-electron chi connectivity index (χ1n) is 9.97. The van der Waals surface area contributed by atoms with Gasteiger partial charge in [-0.05, 0) is 47.6 Å². The Morgan fingerprint density at radius 1 is 1.17 bits per heavy atom. The number of aromatic nitrogens is 1. The molecule has 1 atom stereocenters. The Labute approximate surface area is 171 Å². The van der Waals surface area contributed by atoms with E-state index in [1.54, 1.807) is 18.3 Å². The molecule has 3 rings (SSSR count). The van der Waals surface area contributed by atoms with Gasteiger partial charge in [0.25, 0.3) is 0 Å². The molecule has 1 fully saturated rings. The largest absolute Gasteiger partial charge is 0.490 e. The molecule has 0 amide bonds. The number of pyridine rings is 1. The van der Waals surface area contributed by atoms with Crippen LogP contribution in [0.3, 0.4) is 0 Å². The van der Waals surface area contributed by atoms with Gasteiger partial charge in [0.15, 0.2) is 5.60 Å². The van der Waals surface area contributed by atoms with Crippen LogP contribution in [0.5, 0.6) is 11.6 Å². The Morgan fingerprint density at radius 3 is 2.52 bits per heavy atom. The smallest absolute Gasteiger partial charge is 0.336 e. The Morgan fingerprint density at radius 2 is 1.90 bits per heavy atom. The van der Waals surface area contributed by atoms with Crippen LogP contribution in [0, 0.1) is 0 Å². The monoisotopic (exact) mass is 399 g/mol. The van der Waals surface area contributed by atoms with Gasteiger partial charge in [-0.25, -0.2) is 9.78 Å². The van der Waals surface area contributed by atoms with Gasteiger partial charge in [-0.1, -0.05) is 32.9 Å². The lowest BCUT2D eigenvalue weighted by Gasteiger charge is -2.23. The third kappa shape index (κ3) is 5.48. The number of ether oxygens (including phenoxy) is 3. The summed E-state index contributed by atoms with van der Waals surface area (Å²) in [5.74, 6) is 0.331. The van der Waals surface area contributed by atoms with Crippen LogP contribution < -0.4 is 9.47 Å². The number of carboxylic acid groups (broad SMARTS) is 1. The molecule has 0 saturated carbocycles. The minimum atomic E-state index is -1.14. The summed E-state index contributed by atoms with van der Waals surface area (Å²) in [5.41, 5.74) is 1.06. The van der Waals surface area contributed by atoms with E-state index >= 15 is 0 Å². The quantitative estimate of drug-likeness (QED) is 0.676. The van der Waals surface area contributed by atoms with Crippen LogP contribution in [-0.2, 0) is 21.4 Å². The Bertz CT molecular complexity index is 820. The van der Waals surface area contributed by atoms with Gasteiger partial charge in [-0.3, -0.25) is 0 Å². The fourth-order valence-corrected chi connectivity index (χ4v) is 3.41. The summed E-state index contributed by atoms with van der Waals surface area (Å²) < 4.78 is 17.0. The van der Waals surface area contributed by atoms with Gasteiger partial charge >= 0.3 is 5.97 Å². The van der Waals surface area contributed by atoms with Crippen molar-refractivity contribution in [2.75, 3.05) is 19.8 Å². The van der Waals surface area contributed by atoms with E-state index in [0.717, 1.165) is 17.7 Å². The van der Waals surface area contributed by atoms with E-state index < -0.39 is 11.6 Å². The summed E-state index contributed by atoms with van der Waals surface area (Å²) in [5, 5.41) is 9.55. The van der Waals surface area contributed by atoms with E-state index in [1.165, 1.54) is 5.56 Å². The molecule has 0 aliphatic carbocycles. The zero-order chi connectivity index (χ0) is 20.9. The number of rotatable bonds is 8. The molecule has 2 heterocycles. The van der Waals surface area contributed by atoms with Crippen LogP contribution in [0.25, 0.3) is 0 Å². The van der Waals surface area contributed by atoms with E-state index in [0.29, 0.717) is 38.5 Å². The van der Waals surface area contributed by atoms with Gasteiger partial charge < -0.3 is 19.3 Å². The number of benzene rings is 1. The van der Waals surface area contributed by atoms with Gasteiger partial charge in [0, 0.05) is 25.3 Å². The highest BCUT2D eigenvalue weighted by Crippen LogP contribution is 2.30. The molecule has 1 unspecified atom stereocenters. The molecule has 0 radical (unpaired) electrons. The lowest BCUT2D eigenvalue weighted by Crippen LogP contribution is -2.40. The van der Waals surface area contributed by atoms with Crippen LogP contribution in [0.15, 0.2) is 42.6 Å². The summed E-state index contributed by atoms with van der Waals surface area (Å²) >= 11 is 0. The molecule has 29 heavy (non-hydrogen) atoms. The summed E-state index contributed by atoms with van der Waals surface area (Å²) in [7, 11) is 0. The minimum Gasteiger partial charge on any atom is -0.490 e. The Kier molecular flexibility index (Phi) is 6.42. The molecule has 6 heteroatoms. The summed E-state index contributed by atoms with van der Waals surface area (Å²) in [4.78, 5) is 15.8. The second kappa shape index (κ2) is 8.82. The SMILES string of the molecule is CC(C)(C)c1ccc(OCCOc2cc(CC3(C(=O)O)CCCO3)ccn2)cc1. The molecule has 1 saturated heterocycles. The first-order chi connectivity index (χ1) is 13.8. The average Bonchev–Trinajstić information content (AvgIpc) is 3.15. The molecule has 0 spiro atoms. The first kappa shape index (κ1) is 21.1. The van der Waals surface area contributed by atoms with E-state index in [4.69, 9.17) is 14.2 Å². The molecular weight excluding hydrogens is 370 g/mol. The third-order valence-corrected chi connectivity index (χ3v) is 5.10. The normalized spacial score (nSPS) is 19.1. The van der Waals surface area contributed by atoms with Crippen molar-refractivity contribution in [1.82, 2.24) is 4.98 Å². The van der Waals surface area contributed by atoms with Crippen molar-refractivity contribution < 1.29 is 24.1 Å². The topological polar surface area (TPSA) is 77.9 Å². The minimum absolute atomic E-state index is 0.112. The first-order valence-corrected chi connectivity index (χ1v) is 9.97. The highest BCUT2D eigenvalue weighted by molar-refractivity contribution is 5.78. The van der Waals surface area contributed by atoms with Gasteiger partial charge in [0.05, 0.1) is 0 Å². The van der Waals surface area contributed by atoms with E-state index in [9.17, 15) is 9.90 Å². The number of carbonyl (C=O) groups is 1. The van der Waals surface area contributed by atoms with Crippen molar-refractivity contribution in [3.63, 3.8) is 0 Å². The van der Waals surface area contributed by atoms with Crippen molar-refractivity contribution in [2.24, 2.45) is 0 Å². The average molecular weight is 399 g/mol. The summed E-state index contributed by atoms with van der Waals surface area (Å²) in [6.45, 7) is 7.74. The fourth-order valence-electron chi connectivity index (χ4n) is 3.41. The van der Waals surface area contributed by atoms with Crippen molar-refractivity contribution in [2.45, 2.75) is 51.0 Å². The molecule has 2 aromatic rings. The predicted octanol–water partition coefficient (Wildman–Crippen LogP) is 4.01. The van der Waals surface area contributed by atoms with Crippen molar-refractivity contribution in [1.29, 1.82) is 0 Å². The van der Waals surface area contributed by atoms with Gasteiger partial charge in [0.2, 0.25) is 5.88 Å². The molecular formula is C23H29NO5. The van der Waals surface area contributed by atoms with Crippen molar-refractivity contribution in [3.8, 4) is 11.6 Å². The fraction of sp³-hybridized carbons (Fsp3) is 0.478. The number of nitrogens with zero attached hydrogens (tertiary/aromatic N) is 1. The van der Waals surface area contributed by atoms with E-state index in [2.05, 4.69) is 37.9 Å². The standard InChI is InChI=1S/C23H29NO5/c1-22(2,3)18-5-7-19(8-6-18)27-13-14-28-20-15-17(9-11-24-20)16-23(21(25)26)10-4-12-29-23/h5-9,11,15H,4,10,12-14,16H2,1-3H3,(H,25,26). The third-order valence-electron chi connectivity index (χ3n) is 5.10. The zero-order valence-corrected chi connectivity index (χ0v) is 17.3. The predicted molar refractivity (Wildman–Crippen MR) is 110 cm³/mol. The summed E-state index contributed by atoms with van der Waals surface area (Å²) in [6.07, 6.45) is 3.20. The molecule has 1 aliphatic heterocycles. The second-order valence-corrected chi connectivity index (χ2v) is 8.40. The van der Waals surface area contributed by atoms with Crippen LogP contribution in [0.4, 0.5) is 0 Å². The van der Waals surface area contributed by atoms with E-state index in [-0.39, 0.29) is 5.41 Å². The molecule has 156 valence electrons. The molecule has 1 aliphatic rings. The van der Waals surface area contributed by atoms with Gasteiger partial charge in [-0.15, -0.1) is 0 Å². The Hall–Kier alpha value is -2.60. The van der Waals surface area contributed by atoms with Gasteiger partial charge in [0.1, 0.15) is 19.0 Å². The molecule has 0 bridgehead atoms. The van der Waals surface area contributed by atoms with E-state index in [1.807, 2.05) is 12.1 Å². The maximum absolute atomic E-state index is 11.6. The maximum atomic E-state index is 11.6. The maximum Gasteiger partial charge on any atom is 0.336 e. The zero-order valence-electron chi connectivity index (χ0n) is 17.3. The Balaban J connectivity index is 1.50. The highest BCUT2D eigenvalue weighted by atomic mass is 16.5. The number of aliphatic carboxylic acids is 1. The van der Waals surface area contributed by atoms with Crippen LogP contribution in [0.2, 0.25) is 0 Å². The highest BCUT2D eigenvalue weighted by Gasteiger charge is 2.43. The molecule has 1 aromatic carbocycles. The number of carboxylic acids is 1. The number of hydrogen-bond acceptors (Lipinski definition) is 5. The molecule has 1 aromatic heterocycles. The number of hydrogen-bond donors (Lipinski definition) is 1. The van der Waals surface area contributed by atoms with Crippen LogP contribution in [0.1, 0.15) is 44.7 Å². The van der Waals surface area contributed by atoms with Gasteiger partial charge in [-0.2, -0.15) is 0 Å². The second-order valence-electron chi connectivity index (χ2n) is 8.40. The van der Waals surface area contributed by atoms with Crippen LogP contribution >= 0.6 is 0 Å².